The molecule has 0 atom stereocenters. The average Bonchev–Trinajstić information content (AvgIpc) is 3.29. The van der Waals surface area contributed by atoms with Crippen LogP contribution in [0.5, 0.6) is 0 Å². The van der Waals surface area contributed by atoms with Crippen LogP contribution in [0.4, 0.5) is 11.4 Å². The van der Waals surface area contributed by atoms with Crippen molar-refractivity contribution in [3.8, 4) is 5.69 Å². The van der Waals surface area contributed by atoms with Gasteiger partial charge in [-0.05, 0) is 49.4 Å². The molecule has 0 saturated heterocycles. The van der Waals surface area contributed by atoms with Crippen LogP contribution in [-0.4, -0.2) is 21.1 Å². The second-order valence-corrected chi connectivity index (χ2v) is 6.27. The number of nitro groups is 1. The van der Waals surface area contributed by atoms with E-state index in [-0.39, 0.29) is 11.6 Å². The lowest BCUT2D eigenvalue weighted by atomic mass is 10.1. The molecule has 0 aliphatic carbocycles. The zero-order chi connectivity index (χ0) is 19.7. The maximum atomic E-state index is 12.9. The van der Waals surface area contributed by atoms with Gasteiger partial charge in [0.15, 0.2) is 0 Å². The molecule has 0 unspecified atom stereocenters. The highest BCUT2D eigenvalue weighted by molar-refractivity contribution is 6.32. The Balaban J connectivity index is 1.67. The average molecular weight is 372 g/mol. The van der Waals surface area contributed by atoms with Crippen molar-refractivity contribution >= 4 is 29.1 Å². The van der Waals surface area contributed by atoms with Gasteiger partial charge in [0.25, 0.3) is 11.6 Å². The van der Waals surface area contributed by atoms with Gasteiger partial charge in [-0.1, -0.05) is 18.2 Å². The minimum atomic E-state index is -0.433. The van der Waals surface area contributed by atoms with E-state index in [1.54, 1.807) is 25.1 Å². The normalized spacial score (nSPS) is 15.2. The van der Waals surface area contributed by atoms with Crippen molar-refractivity contribution in [3.63, 3.8) is 0 Å². The first kappa shape index (κ1) is 17.4. The van der Waals surface area contributed by atoms with Crippen LogP contribution in [0, 0.1) is 10.1 Å². The zero-order valence-electron chi connectivity index (χ0n) is 15.0. The summed E-state index contributed by atoms with van der Waals surface area (Å²) in [5.74, 6) is -0.194. The molecule has 0 radical (unpaired) electrons. The number of carbonyl (C=O) groups excluding carboxylic acids is 1. The number of nitro benzene ring substituents is 1. The number of carbonyl (C=O) groups is 1. The van der Waals surface area contributed by atoms with Gasteiger partial charge >= 0.3 is 0 Å². The molecule has 0 saturated carbocycles. The number of anilines is 1. The Morgan fingerprint density at radius 1 is 0.964 bits per heavy atom. The molecule has 1 aromatic heterocycles. The molecule has 3 aromatic rings. The van der Waals surface area contributed by atoms with Crippen molar-refractivity contribution in [2.75, 3.05) is 5.01 Å². The molecule has 0 fully saturated rings. The van der Waals surface area contributed by atoms with Gasteiger partial charge in [0.2, 0.25) is 0 Å². The van der Waals surface area contributed by atoms with E-state index in [4.69, 9.17) is 0 Å². The van der Waals surface area contributed by atoms with Gasteiger partial charge in [-0.15, -0.1) is 0 Å². The van der Waals surface area contributed by atoms with E-state index in [2.05, 4.69) is 5.10 Å². The number of non-ortho nitro benzene ring substituents is 1. The number of nitrogens with zero attached hydrogens (tertiary/aromatic N) is 4. The summed E-state index contributed by atoms with van der Waals surface area (Å²) in [6.07, 6.45) is 3.62. The van der Waals surface area contributed by atoms with Crippen molar-refractivity contribution < 1.29 is 9.72 Å². The molecule has 1 amide bonds. The minimum absolute atomic E-state index is 0.0308. The Morgan fingerprint density at radius 2 is 1.68 bits per heavy atom. The number of hydrazone groups is 1. The smallest absolute Gasteiger partial charge is 0.280 e. The fraction of sp³-hybridized carbons (Fsp3) is 0.0476. The van der Waals surface area contributed by atoms with Gasteiger partial charge < -0.3 is 4.57 Å². The summed E-state index contributed by atoms with van der Waals surface area (Å²) in [6, 6.07) is 19.2. The molecule has 7 nitrogen and oxygen atoms in total. The third kappa shape index (κ3) is 3.09. The van der Waals surface area contributed by atoms with E-state index < -0.39 is 4.92 Å². The first-order valence-corrected chi connectivity index (χ1v) is 8.63. The van der Waals surface area contributed by atoms with Crippen LogP contribution in [0.15, 0.2) is 83.6 Å². The number of amides is 1. The quantitative estimate of drug-likeness (QED) is 0.391. The Hall–Kier alpha value is -4.00. The molecular weight excluding hydrogens is 356 g/mol. The van der Waals surface area contributed by atoms with Crippen LogP contribution in [0.3, 0.4) is 0 Å². The van der Waals surface area contributed by atoms with Crippen molar-refractivity contribution in [1.82, 2.24) is 4.57 Å². The summed E-state index contributed by atoms with van der Waals surface area (Å²) in [5.41, 5.74) is 3.42. The maximum absolute atomic E-state index is 12.9. The van der Waals surface area contributed by atoms with E-state index in [1.165, 1.54) is 17.1 Å². The van der Waals surface area contributed by atoms with Gasteiger partial charge in [0.1, 0.15) is 0 Å². The molecule has 2 aromatic carbocycles. The highest BCUT2D eigenvalue weighted by Crippen LogP contribution is 2.26. The third-order valence-electron chi connectivity index (χ3n) is 4.47. The molecular formula is C21H16N4O3. The molecule has 1 aliphatic heterocycles. The fourth-order valence-electron chi connectivity index (χ4n) is 3.06. The number of para-hydroxylation sites is 1. The number of benzene rings is 2. The van der Waals surface area contributed by atoms with E-state index in [1.807, 2.05) is 53.2 Å². The summed E-state index contributed by atoms with van der Waals surface area (Å²) < 4.78 is 1.86. The lowest BCUT2D eigenvalue weighted by Gasteiger charge is -2.11. The number of aromatic nitrogens is 1. The van der Waals surface area contributed by atoms with Crippen molar-refractivity contribution in [3.05, 3.63) is 94.3 Å². The van der Waals surface area contributed by atoms with Gasteiger partial charge in [0.05, 0.1) is 21.9 Å². The molecule has 7 heteroatoms. The third-order valence-corrected chi connectivity index (χ3v) is 4.47. The number of rotatable bonds is 4. The van der Waals surface area contributed by atoms with Crippen molar-refractivity contribution in [2.24, 2.45) is 5.10 Å². The van der Waals surface area contributed by atoms with E-state index >= 15 is 0 Å². The second kappa shape index (κ2) is 6.96. The van der Waals surface area contributed by atoms with Crippen LogP contribution in [0.2, 0.25) is 0 Å². The summed E-state index contributed by atoms with van der Waals surface area (Å²) in [6.45, 7) is 1.80. The Bertz CT molecular complexity index is 1110. The lowest BCUT2D eigenvalue weighted by molar-refractivity contribution is -0.384. The lowest BCUT2D eigenvalue weighted by Crippen LogP contribution is -2.21. The Labute approximate surface area is 161 Å². The van der Waals surface area contributed by atoms with Gasteiger partial charge in [-0.3, -0.25) is 14.9 Å². The van der Waals surface area contributed by atoms with Crippen LogP contribution >= 0.6 is 0 Å². The van der Waals surface area contributed by atoms with E-state index in [0.717, 1.165) is 11.4 Å². The van der Waals surface area contributed by atoms with Crippen molar-refractivity contribution in [2.45, 2.75) is 6.92 Å². The Kier molecular flexibility index (Phi) is 4.33. The molecule has 138 valence electrons. The standard InChI is InChI=1S/C21H16N4O3/c1-15-20(21(26)24(22-15)17-6-3-2-4-7-17)14-19-8-5-13-23(19)16-9-11-18(12-10-16)25(27)28/h2-14H,1H3/b20-14+. The van der Waals surface area contributed by atoms with Gasteiger partial charge in [-0.25, -0.2) is 0 Å². The van der Waals surface area contributed by atoms with Crippen LogP contribution in [0.1, 0.15) is 12.6 Å². The molecule has 2 heterocycles. The highest BCUT2D eigenvalue weighted by Gasteiger charge is 2.28. The molecule has 1 aliphatic rings. The predicted octanol–water partition coefficient (Wildman–Crippen LogP) is 4.19. The summed E-state index contributed by atoms with van der Waals surface area (Å²) in [5, 5.41) is 16.6. The fourth-order valence-corrected chi connectivity index (χ4v) is 3.06. The van der Waals surface area contributed by atoms with Crippen LogP contribution in [-0.2, 0) is 4.79 Å². The van der Waals surface area contributed by atoms with Crippen LogP contribution in [0.25, 0.3) is 11.8 Å². The molecule has 0 bridgehead atoms. The monoisotopic (exact) mass is 372 g/mol. The number of hydrogen-bond donors (Lipinski definition) is 0. The van der Waals surface area contributed by atoms with E-state index in [9.17, 15) is 14.9 Å². The topological polar surface area (TPSA) is 80.7 Å². The molecule has 4 rings (SSSR count). The first-order valence-electron chi connectivity index (χ1n) is 8.63. The van der Waals surface area contributed by atoms with Gasteiger partial charge in [0, 0.05) is 29.7 Å². The zero-order valence-corrected chi connectivity index (χ0v) is 15.0. The maximum Gasteiger partial charge on any atom is 0.280 e. The first-order chi connectivity index (χ1) is 13.5. The van der Waals surface area contributed by atoms with Gasteiger partial charge in [-0.2, -0.15) is 10.1 Å². The molecule has 0 spiro atoms. The summed E-state index contributed by atoms with van der Waals surface area (Å²) >= 11 is 0. The summed E-state index contributed by atoms with van der Waals surface area (Å²) in [4.78, 5) is 23.3. The van der Waals surface area contributed by atoms with Crippen LogP contribution < -0.4 is 5.01 Å². The SMILES string of the molecule is CC1=NN(c2ccccc2)C(=O)/C1=C/c1cccn1-c1ccc([N+](=O)[O-])cc1. The minimum Gasteiger partial charge on any atom is -0.317 e. The predicted molar refractivity (Wildman–Crippen MR) is 107 cm³/mol. The Morgan fingerprint density at radius 3 is 2.36 bits per heavy atom. The van der Waals surface area contributed by atoms with E-state index in [0.29, 0.717) is 17.0 Å². The molecule has 28 heavy (non-hydrogen) atoms. The highest BCUT2D eigenvalue weighted by atomic mass is 16.6. The number of hydrogen-bond acceptors (Lipinski definition) is 4. The second-order valence-electron chi connectivity index (χ2n) is 6.27. The summed E-state index contributed by atoms with van der Waals surface area (Å²) in [7, 11) is 0. The van der Waals surface area contributed by atoms with Crippen molar-refractivity contribution in [1.29, 1.82) is 0 Å². The largest absolute Gasteiger partial charge is 0.317 e. The molecule has 0 N–H and O–H groups in total.